The molecule has 8 heteroatoms. The number of carbonyl (C=O) groups excluding carboxylic acids is 2. The lowest BCUT2D eigenvalue weighted by Crippen LogP contribution is -2.37. The Bertz CT molecular complexity index is 799. The van der Waals surface area contributed by atoms with Crippen LogP contribution in [0.15, 0.2) is 23.1 Å². The van der Waals surface area contributed by atoms with E-state index in [-0.39, 0.29) is 30.4 Å². The van der Waals surface area contributed by atoms with E-state index in [1.165, 1.54) is 6.42 Å². The number of benzene rings is 1. The van der Waals surface area contributed by atoms with Crippen LogP contribution in [0.2, 0.25) is 0 Å². The molecule has 1 aromatic rings. The number of aryl methyl sites for hydroxylation is 2. The van der Waals surface area contributed by atoms with E-state index in [0.29, 0.717) is 6.42 Å². The molecule has 1 N–H and O–H groups in total. The van der Waals surface area contributed by atoms with Crippen molar-refractivity contribution in [2.75, 3.05) is 26.2 Å². The predicted molar refractivity (Wildman–Crippen MR) is 111 cm³/mol. The van der Waals surface area contributed by atoms with Gasteiger partial charge in [0.15, 0.2) is 6.61 Å². The highest BCUT2D eigenvalue weighted by molar-refractivity contribution is 7.89. The number of hydrogen-bond acceptors (Lipinski definition) is 5. The Hall–Kier alpha value is -1.93. The van der Waals surface area contributed by atoms with E-state index in [4.69, 9.17) is 4.74 Å². The van der Waals surface area contributed by atoms with Crippen molar-refractivity contribution in [3.8, 4) is 0 Å². The predicted octanol–water partition coefficient (Wildman–Crippen LogP) is 2.70. The van der Waals surface area contributed by atoms with Crippen LogP contribution in [0.4, 0.5) is 0 Å². The van der Waals surface area contributed by atoms with Crippen LogP contribution in [0, 0.1) is 13.8 Å². The summed E-state index contributed by atoms with van der Waals surface area (Å²) in [6.07, 6.45) is 5.80. The zero-order valence-corrected chi connectivity index (χ0v) is 18.2. The first-order valence-corrected chi connectivity index (χ1v) is 11.8. The lowest BCUT2D eigenvalue weighted by atomic mass is 10.1. The molecule has 162 valence electrons. The van der Waals surface area contributed by atoms with Crippen LogP contribution >= 0.6 is 0 Å². The number of sulfonamides is 1. The second-order valence-electron chi connectivity index (χ2n) is 7.56. The molecule has 1 aliphatic heterocycles. The molecule has 0 unspecified atom stereocenters. The van der Waals surface area contributed by atoms with E-state index in [0.717, 1.165) is 49.9 Å². The summed E-state index contributed by atoms with van der Waals surface area (Å²) >= 11 is 0. The van der Waals surface area contributed by atoms with Crippen molar-refractivity contribution in [3.63, 3.8) is 0 Å². The van der Waals surface area contributed by atoms with E-state index in [9.17, 15) is 18.0 Å². The standard InChI is InChI=1S/C21H32N2O5S/c1-17-10-11-19(15-18(17)2)29(26,27)22-12-8-9-21(25)28-16-20(24)23-13-6-4-3-5-7-14-23/h10-11,15,22H,3-9,12-14,16H2,1-2H3. The molecule has 1 saturated heterocycles. The number of likely N-dealkylation sites (tertiary alicyclic amines) is 1. The molecule has 0 spiro atoms. The van der Waals surface area contributed by atoms with Crippen molar-refractivity contribution < 1.29 is 22.7 Å². The summed E-state index contributed by atoms with van der Waals surface area (Å²) in [7, 11) is -3.61. The monoisotopic (exact) mass is 424 g/mol. The van der Waals surface area contributed by atoms with Crippen molar-refractivity contribution in [2.24, 2.45) is 0 Å². The Morgan fingerprint density at radius 2 is 1.69 bits per heavy atom. The van der Waals surface area contributed by atoms with Gasteiger partial charge in [-0.1, -0.05) is 25.3 Å². The van der Waals surface area contributed by atoms with E-state index in [1.54, 1.807) is 23.1 Å². The molecule has 0 aromatic heterocycles. The number of nitrogens with one attached hydrogen (secondary N) is 1. The van der Waals surface area contributed by atoms with Crippen LogP contribution in [0.1, 0.15) is 56.1 Å². The Labute approximate surface area is 173 Å². The van der Waals surface area contributed by atoms with Gasteiger partial charge in [0, 0.05) is 26.1 Å². The van der Waals surface area contributed by atoms with Crippen LogP contribution < -0.4 is 4.72 Å². The highest BCUT2D eigenvalue weighted by Gasteiger charge is 2.17. The molecule has 0 radical (unpaired) electrons. The third-order valence-electron chi connectivity index (χ3n) is 5.20. The van der Waals surface area contributed by atoms with Gasteiger partial charge < -0.3 is 9.64 Å². The van der Waals surface area contributed by atoms with E-state index < -0.39 is 16.0 Å². The maximum atomic E-state index is 12.3. The van der Waals surface area contributed by atoms with Gasteiger partial charge in [0.2, 0.25) is 10.0 Å². The molecule has 0 bridgehead atoms. The number of hydrogen-bond donors (Lipinski definition) is 1. The first-order valence-electron chi connectivity index (χ1n) is 10.3. The van der Waals surface area contributed by atoms with Gasteiger partial charge >= 0.3 is 5.97 Å². The summed E-state index contributed by atoms with van der Waals surface area (Å²) in [4.78, 5) is 26.0. The summed E-state index contributed by atoms with van der Waals surface area (Å²) in [6.45, 7) is 5.10. The minimum Gasteiger partial charge on any atom is -0.456 e. The van der Waals surface area contributed by atoms with Gasteiger partial charge in [-0.3, -0.25) is 9.59 Å². The van der Waals surface area contributed by atoms with Gasteiger partial charge in [-0.2, -0.15) is 0 Å². The van der Waals surface area contributed by atoms with E-state index in [2.05, 4.69) is 4.72 Å². The maximum absolute atomic E-state index is 12.3. The molecule has 1 amide bonds. The summed E-state index contributed by atoms with van der Waals surface area (Å²) in [5, 5.41) is 0. The van der Waals surface area contributed by atoms with Gasteiger partial charge in [0.1, 0.15) is 0 Å². The Morgan fingerprint density at radius 1 is 1.03 bits per heavy atom. The molecule has 29 heavy (non-hydrogen) atoms. The van der Waals surface area contributed by atoms with Crippen molar-refractivity contribution in [1.29, 1.82) is 0 Å². The van der Waals surface area contributed by atoms with Gasteiger partial charge in [-0.25, -0.2) is 13.1 Å². The summed E-state index contributed by atoms with van der Waals surface area (Å²) < 4.78 is 32.2. The van der Waals surface area contributed by atoms with Crippen molar-refractivity contribution >= 4 is 21.9 Å². The molecule has 1 fully saturated rings. The lowest BCUT2D eigenvalue weighted by Gasteiger charge is -2.24. The van der Waals surface area contributed by atoms with E-state index in [1.807, 2.05) is 13.8 Å². The smallest absolute Gasteiger partial charge is 0.306 e. The Balaban J connectivity index is 1.68. The van der Waals surface area contributed by atoms with E-state index >= 15 is 0 Å². The molecule has 7 nitrogen and oxygen atoms in total. The Morgan fingerprint density at radius 3 is 2.34 bits per heavy atom. The zero-order chi connectivity index (χ0) is 21.3. The number of carbonyl (C=O) groups is 2. The number of rotatable bonds is 8. The number of nitrogens with zero attached hydrogens (tertiary/aromatic N) is 1. The highest BCUT2D eigenvalue weighted by atomic mass is 32.2. The molecular weight excluding hydrogens is 392 g/mol. The Kier molecular flexibility index (Phi) is 9.10. The van der Waals surface area contributed by atoms with Crippen LogP contribution in [-0.4, -0.2) is 51.4 Å². The second-order valence-corrected chi connectivity index (χ2v) is 9.32. The molecule has 1 aromatic carbocycles. The number of amides is 1. The third-order valence-corrected chi connectivity index (χ3v) is 6.66. The minimum atomic E-state index is -3.61. The fraction of sp³-hybridized carbons (Fsp3) is 0.619. The van der Waals surface area contributed by atoms with Crippen molar-refractivity contribution in [1.82, 2.24) is 9.62 Å². The fourth-order valence-electron chi connectivity index (χ4n) is 3.21. The first kappa shape index (κ1) is 23.3. The van der Waals surface area contributed by atoms with Gasteiger partial charge in [-0.05, 0) is 56.4 Å². The highest BCUT2D eigenvalue weighted by Crippen LogP contribution is 2.14. The molecule has 0 saturated carbocycles. The third kappa shape index (κ3) is 7.78. The SMILES string of the molecule is Cc1ccc(S(=O)(=O)NCCCC(=O)OCC(=O)N2CCCCCCC2)cc1C. The largest absolute Gasteiger partial charge is 0.456 e. The van der Waals surface area contributed by atoms with Crippen LogP contribution in [0.3, 0.4) is 0 Å². The van der Waals surface area contributed by atoms with Crippen LogP contribution in [-0.2, 0) is 24.3 Å². The molecular formula is C21H32N2O5S. The second kappa shape index (κ2) is 11.3. The first-order chi connectivity index (χ1) is 13.8. The molecule has 0 atom stereocenters. The van der Waals surface area contributed by atoms with Gasteiger partial charge in [0.05, 0.1) is 4.90 Å². The molecule has 1 heterocycles. The van der Waals surface area contributed by atoms with Crippen LogP contribution in [0.5, 0.6) is 0 Å². The zero-order valence-electron chi connectivity index (χ0n) is 17.4. The van der Waals surface area contributed by atoms with Gasteiger partial charge in [-0.15, -0.1) is 0 Å². The quantitative estimate of drug-likeness (QED) is 0.512. The minimum absolute atomic E-state index is 0.0583. The topological polar surface area (TPSA) is 92.8 Å². The average molecular weight is 425 g/mol. The maximum Gasteiger partial charge on any atom is 0.306 e. The normalized spacial score (nSPS) is 15.4. The summed E-state index contributed by atoms with van der Waals surface area (Å²) in [5.41, 5.74) is 1.93. The molecule has 1 aliphatic rings. The lowest BCUT2D eigenvalue weighted by molar-refractivity contribution is -0.152. The fourth-order valence-corrected chi connectivity index (χ4v) is 4.37. The number of ether oxygens (including phenoxy) is 1. The average Bonchev–Trinajstić information content (AvgIpc) is 2.65. The molecule has 2 rings (SSSR count). The van der Waals surface area contributed by atoms with Crippen LogP contribution in [0.25, 0.3) is 0 Å². The number of esters is 1. The van der Waals surface area contributed by atoms with Crippen molar-refractivity contribution in [3.05, 3.63) is 29.3 Å². The summed E-state index contributed by atoms with van der Waals surface area (Å²) in [5.74, 6) is -0.647. The van der Waals surface area contributed by atoms with Crippen molar-refractivity contribution in [2.45, 2.75) is 63.7 Å². The van der Waals surface area contributed by atoms with Gasteiger partial charge in [0.25, 0.3) is 5.91 Å². The molecule has 0 aliphatic carbocycles. The summed E-state index contributed by atoms with van der Waals surface area (Å²) in [6, 6.07) is 4.96.